The number of sulfonamides is 1. The monoisotopic (exact) mass is 486 g/mol. The summed E-state index contributed by atoms with van der Waals surface area (Å²) in [7, 11) is -3.19. The first-order valence-corrected chi connectivity index (χ1v) is 13.7. The quantitative estimate of drug-likeness (QED) is 0.568. The van der Waals surface area contributed by atoms with Crippen molar-refractivity contribution in [2.75, 3.05) is 11.2 Å². The highest BCUT2D eigenvalue weighted by Crippen LogP contribution is 2.45. The number of anilines is 1. The summed E-state index contributed by atoms with van der Waals surface area (Å²) in [5.74, 6) is 0.251. The molecular weight excluding hydrogens is 460 g/mol. The van der Waals surface area contributed by atoms with E-state index in [0.29, 0.717) is 11.7 Å². The summed E-state index contributed by atoms with van der Waals surface area (Å²) in [4.78, 5) is 19.4. The molecule has 2 unspecified atom stereocenters. The van der Waals surface area contributed by atoms with E-state index in [1.54, 1.807) is 10.6 Å². The number of halogens is 1. The molecule has 3 atom stereocenters. The van der Waals surface area contributed by atoms with Crippen LogP contribution in [0.15, 0.2) is 24.7 Å². The van der Waals surface area contributed by atoms with E-state index < -0.39 is 10.0 Å². The molecule has 33 heavy (non-hydrogen) atoms. The van der Waals surface area contributed by atoms with Gasteiger partial charge in [-0.2, -0.15) is 4.31 Å². The van der Waals surface area contributed by atoms with Crippen molar-refractivity contribution in [3.8, 4) is 0 Å². The molecule has 0 amide bonds. The van der Waals surface area contributed by atoms with E-state index in [-0.39, 0.29) is 24.0 Å². The maximum absolute atomic E-state index is 12.3. The Morgan fingerprint density at radius 2 is 1.94 bits per heavy atom. The lowest BCUT2D eigenvalue weighted by Crippen LogP contribution is -2.46. The lowest BCUT2D eigenvalue weighted by atomic mass is 9.85. The Labute approximate surface area is 198 Å². The van der Waals surface area contributed by atoms with Gasteiger partial charge in [0, 0.05) is 54.2 Å². The van der Waals surface area contributed by atoms with Gasteiger partial charge >= 0.3 is 0 Å². The second-order valence-electron chi connectivity index (χ2n) is 9.72. The molecule has 3 aromatic rings. The molecule has 8 nitrogen and oxygen atoms in total. The molecule has 6 heterocycles. The van der Waals surface area contributed by atoms with Gasteiger partial charge in [0.1, 0.15) is 17.1 Å². The van der Waals surface area contributed by atoms with Crippen molar-refractivity contribution < 1.29 is 8.42 Å². The Hall–Kier alpha value is -2.23. The van der Waals surface area contributed by atoms with Crippen molar-refractivity contribution in [2.45, 2.75) is 69.6 Å². The Morgan fingerprint density at radius 3 is 2.67 bits per heavy atom. The van der Waals surface area contributed by atoms with Crippen LogP contribution < -0.4 is 4.90 Å². The molecule has 0 spiro atoms. The molecule has 0 aliphatic carbocycles. The van der Waals surface area contributed by atoms with Crippen molar-refractivity contribution in [1.82, 2.24) is 24.2 Å². The van der Waals surface area contributed by atoms with Gasteiger partial charge in [-0.05, 0) is 44.7 Å². The molecule has 6 rings (SSSR count). The lowest BCUT2D eigenvalue weighted by Gasteiger charge is -2.40. The van der Waals surface area contributed by atoms with Gasteiger partial charge in [0.25, 0.3) is 0 Å². The minimum absolute atomic E-state index is 0.0754. The van der Waals surface area contributed by atoms with Gasteiger partial charge in [0.2, 0.25) is 10.0 Å². The molecule has 3 aliphatic rings. The van der Waals surface area contributed by atoms with Crippen LogP contribution in [0.5, 0.6) is 0 Å². The number of aromatic amines is 1. The lowest BCUT2D eigenvalue weighted by molar-refractivity contribution is 0.224. The van der Waals surface area contributed by atoms with Gasteiger partial charge < -0.3 is 9.88 Å². The summed E-state index contributed by atoms with van der Waals surface area (Å²) < 4.78 is 26.5. The number of fused-ring (bicyclic) bond motifs is 4. The molecule has 0 saturated carbocycles. The number of rotatable bonds is 3. The van der Waals surface area contributed by atoms with Crippen LogP contribution in [0.25, 0.3) is 11.0 Å². The van der Waals surface area contributed by atoms with Crippen LogP contribution >= 0.6 is 11.6 Å². The van der Waals surface area contributed by atoms with Gasteiger partial charge in [0.05, 0.1) is 23.3 Å². The van der Waals surface area contributed by atoms with Crippen LogP contribution in [0.3, 0.4) is 0 Å². The zero-order chi connectivity index (χ0) is 22.9. The molecule has 0 radical (unpaired) electrons. The molecule has 10 heteroatoms. The smallest absolute Gasteiger partial charge is 0.211 e. The zero-order valence-electron chi connectivity index (χ0n) is 18.7. The second-order valence-corrected chi connectivity index (χ2v) is 12.0. The average molecular weight is 487 g/mol. The molecule has 3 aliphatic heterocycles. The van der Waals surface area contributed by atoms with Crippen LogP contribution in [0.1, 0.15) is 55.5 Å². The molecule has 0 aromatic carbocycles. The van der Waals surface area contributed by atoms with Crippen molar-refractivity contribution >= 4 is 38.3 Å². The number of aromatic nitrogens is 4. The number of piperidine rings is 1. The maximum atomic E-state index is 12.3. The standard InChI is InChI=1S/C23H27ClN6O2S/c1-13-7-19-18(11-29(13)20-10-21(24)28-23-17(20)5-6-25-23)22(27-12-26-19)14-8-15-3-4-16(9-14)30(15)33(2,31)32/h5-6,10,12-16H,3-4,7-9,11H2,1-2H3,(H,25,28)/t13-,14?,15?,16?/m1/s1. The molecule has 2 bridgehead atoms. The number of hydrogen-bond acceptors (Lipinski definition) is 6. The highest BCUT2D eigenvalue weighted by molar-refractivity contribution is 7.88. The third kappa shape index (κ3) is 3.52. The molecule has 1 N–H and O–H groups in total. The van der Waals surface area contributed by atoms with Crippen molar-refractivity contribution in [3.63, 3.8) is 0 Å². The number of hydrogen-bond donors (Lipinski definition) is 1. The fraction of sp³-hybridized carbons (Fsp3) is 0.522. The SMILES string of the molecule is C[C@@H]1Cc2ncnc(C3CC4CCC(C3)N4S(C)(=O)=O)c2CN1c1cc(Cl)nc2[nH]ccc12. The first kappa shape index (κ1) is 21.3. The van der Waals surface area contributed by atoms with E-state index in [0.717, 1.165) is 60.2 Å². The molecule has 3 aromatic heterocycles. The summed E-state index contributed by atoms with van der Waals surface area (Å²) >= 11 is 6.35. The van der Waals surface area contributed by atoms with E-state index in [9.17, 15) is 8.42 Å². The van der Waals surface area contributed by atoms with Crippen molar-refractivity contribution in [1.29, 1.82) is 0 Å². The number of nitrogens with one attached hydrogen (secondary N) is 1. The minimum atomic E-state index is -3.19. The number of nitrogens with zero attached hydrogens (tertiary/aromatic N) is 5. The van der Waals surface area contributed by atoms with Crippen LogP contribution in [-0.2, 0) is 23.0 Å². The predicted octanol–water partition coefficient (Wildman–Crippen LogP) is 3.63. The zero-order valence-corrected chi connectivity index (χ0v) is 20.3. The van der Waals surface area contributed by atoms with Crippen LogP contribution in [0, 0.1) is 0 Å². The third-order valence-corrected chi connectivity index (χ3v) is 9.19. The van der Waals surface area contributed by atoms with Gasteiger partial charge in [-0.3, -0.25) is 0 Å². The Bertz CT molecular complexity index is 1330. The summed E-state index contributed by atoms with van der Waals surface area (Å²) in [6, 6.07) is 4.38. The fourth-order valence-corrected chi connectivity index (χ4v) is 7.98. The van der Waals surface area contributed by atoms with E-state index in [1.165, 1.54) is 11.8 Å². The van der Waals surface area contributed by atoms with Crippen LogP contribution in [-0.4, -0.2) is 57.0 Å². The Morgan fingerprint density at radius 1 is 1.18 bits per heavy atom. The fourth-order valence-electron chi connectivity index (χ4n) is 6.33. The summed E-state index contributed by atoms with van der Waals surface area (Å²) in [5.41, 5.74) is 5.22. The predicted molar refractivity (Wildman–Crippen MR) is 128 cm³/mol. The van der Waals surface area contributed by atoms with Gasteiger partial charge in [-0.1, -0.05) is 11.6 Å². The topological polar surface area (TPSA) is 95.1 Å². The van der Waals surface area contributed by atoms with E-state index in [4.69, 9.17) is 16.6 Å². The maximum Gasteiger partial charge on any atom is 0.211 e. The largest absolute Gasteiger partial charge is 0.363 e. The Balaban J connectivity index is 1.37. The Kier molecular flexibility index (Phi) is 4.94. The summed E-state index contributed by atoms with van der Waals surface area (Å²) in [6.07, 6.45) is 9.27. The van der Waals surface area contributed by atoms with E-state index >= 15 is 0 Å². The molecule has 174 valence electrons. The first-order valence-electron chi connectivity index (χ1n) is 11.5. The molecule has 2 fully saturated rings. The number of H-pyrrole nitrogens is 1. The highest BCUT2D eigenvalue weighted by atomic mass is 35.5. The summed E-state index contributed by atoms with van der Waals surface area (Å²) in [5, 5.41) is 1.51. The van der Waals surface area contributed by atoms with E-state index in [2.05, 4.69) is 26.8 Å². The third-order valence-electron chi connectivity index (χ3n) is 7.64. The average Bonchev–Trinajstić information content (AvgIpc) is 3.34. The second kappa shape index (κ2) is 7.65. The first-order chi connectivity index (χ1) is 15.8. The normalized spacial score (nSPS) is 27.8. The summed E-state index contributed by atoms with van der Waals surface area (Å²) in [6.45, 7) is 2.91. The van der Waals surface area contributed by atoms with Crippen molar-refractivity contribution in [3.05, 3.63) is 46.8 Å². The van der Waals surface area contributed by atoms with Crippen LogP contribution in [0.4, 0.5) is 5.69 Å². The van der Waals surface area contributed by atoms with Gasteiger partial charge in [-0.15, -0.1) is 0 Å². The van der Waals surface area contributed by atoms with Crippen molar-refractivity contribution in [2.24, 2.45) is 0 Å². The van der Waals surface area contributed by atoms with Gasteiger partial charge in [-0.25, -0.2) is 23.4 Å². The number of pyridine rings is 1. The van der Waals surface area contributed by atoms with E-state index in [1.807, 2.05) is 18.3 Å². The molecular formula is C23H27ClN6O2S. The molecule has 2 saturated heterocycles. The van der Waals surface area contributed by atoms with Gasteiger partial charge in [0.15, 0.2) is 0 Å². The highest BCUT2D eigenvalue weighted by Gasteiger charge is 2.46. The van der Waals surface area contributed by atoms with Crippen LogP contribution in [0.2, 0.25) is 5.15 Å². The minimum Gasteiger partial charge on any atom is -0.363 e.